The van der Waals surface area contributed by atoms with Crippen molar-refractivity contribution < 1.29 is 80.8 Å². The summed E-state index contributed by atoms with van der Waals surface area (Å²) in [4.78, 5) is 78.7. The predicted molar refractivity (Wildman–Crippen MR) is 273 cm³/mol. The van der Waals surface area contributed by atoms with Gasteiger partial charge in [-0.15, -0.1) is 0 Å². The van der Waals surface area contributed by atoms with Gasteiger partial charge in [-0.1, -0.05) is 18.9 Å². The molecular formula is C47H59N9O17P3+. The number of unbranched alkanes of at least 4 members (excludes halogenated alkanes) is 3. The monoisotopic (exact) mass is 1110 g/mol. The average Bonchev–Trinajstić information content (AvgIpc) is 3.88. The van der Waals surface area contributed by atoms with Crippen molar-refractivity contribution in [1.82, 2.24) is 29.4 Å². The number of carboxylic acid groups (broad SMARTS) is 1. The van der Waals surface area contributed by atoms with E-state index in [9.17, 15) is 48.4 Å². The first-order chi connectivity index (χ1) is 36.2. The quantitative estimate of drug-likeness (QED) is 0.0281. The van der Waals surface area contributed by atoms with Gasteiger partial charge in [-0.05, 0) is 81.3 Å². The van der Waals surface area contributed by atoms with Gasteiger partial charge in [-0.3, -0.25) is 13.9 Å². The summed E-state index contributed by atoms with van der Waals surface area (Å²) in [5.41, 5.74) is 12.0. The fourth-order valence-electron chi connectivity index (χ4n) is 10.2. The third-order valence-electron chi connectivity index (χ3n) is 13.7. The number of amides is 1. The standard InChI is InChI=1S/C47H58N9O17P3/c1-3-54-17-9-11-26-19-31-35(22-33(26)54)70-36-23-34-27(12-10-18-55(34)4-2)20-32(36)38(31)29-14-13-28(21-30(29)46(60)61)44(59)49-15-7-5-6-8-16-50-47-53-39-42(48)51-25-52-43(39)56(47)45-41(58)40(57)37(71-45)24-69-75(65,66)73-76(67,68)72-74(62,63)64/h13-14,19-23,25,37,40-41,45,48-49,57-58H,3-12,15-18,24H2,1-2H3,(H6,59,60,61,62,63,64,65,66,67,68)/p+1/t37-,40-,41-,45-/m1/s1. The first kappa shape index (κ1) is 55.1. The summed E-state index contributed by atoms with van der Waals surface area (Å²) in [6.07, 6.45) is 0.826. The first-order valence-electron chi connectivity index (χ1n) is 24.7. The number of nitrogens with two attached hydrogens (primary N) is 1. The Labute approximate surface area is 434 Å². The van der Waals surface area contributed by atoms with Crippen LogP contribution in [-0.4, -0.2) is 130 Å². The molecule has 26 nitrogen and oxygen atoms in total. The number of carboxylic acids is 1. The summed E-state index contributed by atoms with van der Waals surface area (Å²) in [6, 6.07) is 13.3. The SMILES string of the molecule is CCN1CCCc2cc3c(cc21)Oc1cc2c(cc1=C3c1ccc(C(=O)NCCCCCCNc3nc4c(N)ncnc4n3[C@@H]3O[C@H](COP(=O)(O)OP(=O)(O)OP(=O)(O)O)[C@@H](O)[C@H]3O)cc1C(=O)O)CCC[N+]=2CC. The van der Waals surface area contributed by atoms with Crippen molar-refractivity contribution >= 4 is 69.5 Å². The van der Waals surface area contributed by atoms with Crippen molar-refractivity contribution in [2.24, 2.45) is 0 Å². The van der Waals surface area contributed by atoms with Crippen molar-refractivity contribution in [3.63, 3.8) is 0 Å². The highest BCUT2D eigenvalue weighted by atomic mass is 31.3. The highest BCUT2D eigenvalue weighted by molar-refractivity contribution is 7.66. The maximum Gasteiger partial charge on any atom is 0.490 e. The molecule has 0 radical (unpaired) electrons. The number of aliphatic hydroxyl groups is 2. The van der Waals surface area contributed by atoms with E-state index in [2.05, 4.69) is 86.3 Å². The fraction of sp³-hybridized carbons (Fsp3) is 0.447. The zero-order valence-corrected chi connectivity index (χ0v) is 44.0. The Kier molecular flexibility index (Phi) is 16.2. The van der Waals surface area contributed by atoms with E-state index in [1.807, 2.05) is 0 Å². The zero-order valence-electron chi connectivity index (χ0n) is 41.4. The van der Waals surface area contributed by atoms with Crippen LogP contribution in [0.2, 0.25) is 0 Å². The zero-order chi connectivity index (χ0) is 54.3. The molecule has 0 bridgehead atoms. The average molecular weight is 1110 g/mol. The number of fused-ring (bicyclic) bond motifs is 5. The number of phosphoric acid groups is 3. The van der Waals surface area contributed by atoms with Crippen molar-refractivity contribution in [2.45, 2.75) is 89.8 Å². The van der Waals surface area contributed by atoms with Crippen LogP contribution in [0.3, 0.4) is 0 Å². The number of nitrogens with one attached hydrogen (secondary N) is 2. The number of carbonyl (C=O) groups excluding carboxylic acids is 1. The maximum atomic E-state index is 13.6. The molecule has 29 heteroatoms. The second kappa shape index (κ2) is 22.3. The van der Waals surface area contributed by atoms with Crippen LogP contribution in [0, 0.1) is 0 Å². The largest absolute Gasteiger partial charge is 0.490 e. The molecule has 0 saturated carbocycles. The number of aryl methyl sites for hydroxylation is 2. The topological polar surface area (TPSA) is 373 Å². The molecule has 4 aliphatic heterocycles. The second-order valence-electron chi connectivity index (χ2n) is 18.6. The smallest absolute Gasteiger partial charge is 0.478 e. The normalized spacial score (nSPS) is 20.7. The number of rotatable bonds is 21. The van der Waals surface area contributed by atoms with Gasteiger partial charge < -0.3 is 65.6 Å². The molecule has 408 valence electrons. The highest BCUT2D eigenvalue weighted by Gasteiger charge is 2.48. The molecule has 1 saturated heterocycles. The van der Waals surface area contributed by atoms with Gasteiger partial charge >= 0.3 is 29.4 Å². The highest BCUT2D eigenvalue weighted by Crippen LogP contribution is 2.66. The van der Waals surface area contributed by atoms with Gasteiger partial charge in [0.05, 0.1) is 18.2 Å². The lowest BCUT2D eigenvalue weighted by molar-refractivity contribution is -0.0493. The summed E-state index contributed by atoms with van der Waals surface area (Å²) in [6.45, 7) is 7.42. The van der Waals surface area contributed by atoms with Gasteiger partial charge in [-0.2, -0.15) is 8.62 Å². The number of nitrogens with zero attached hydrogens (tertiary/aromatic N) is 6. The molecule has 76 heavy (non-hydrogen) atoms. The number of ether oxygens (including phenoxy) is 2. The van der Waals surface area contributed by atoms with Crippen LogP contribution in [0.1, 0.15) is 102 Å². The van der Waals surface area contributed by atoms with Crippen LogP contribution in [-0.2, 0) is 44.4 Å². The molecule has 5 aromatic rings. The van der Waals surface area contributed by atoms with Crippen LogP contribution < -0.4 is 41.2 Å². The lowest BCUT2D eigenvalue weighted by Crippen LogP contribution is -2.39. The summed E-state index contributed by atoms with van der Waals surface area (Å²) >= 11 is 0. The number of phosphoric ester groups is 1. The number of hydrogen-bond donors (Lipinski definition) is 10. The molecule has 4 aliphatic rings. The number of benzene rings is 3. The van der Waals surface area contributed by atoms with Gasteiger partial charge in [0, 0.05) is 71.8 Å². The summed E-state index contributed by atoms with van der Waals surface area (Å²) in [7, 11) is -17.1. The molecule has 0 aliphatic carbocycles. The number of aromatic nitrogens is 4. The Morgan fingerprint density at radius 1 is 0.882 bits per heavy atom. The van der Waals surface area contributed by atoms with E-state index < -0.39 is 66.5 Å². The van der Waals surface area contributed by atoms with E-state index in [1.54, 1.807) is 12.1 Å². The lowest BCUT2D eigenvalue weighted by atomic mass is 9.86. The van der Waals surface area contributed by atoms with Crippen molar-refractivity contribution in [1.29, 1.82) is 0 Å². The molecule has 6 heterocycles. The third kappa shape index (κ3) is 11.7. The van der Waals surface area contributed by atoms with Crippen LogP contribution in [0.4, 0.5) is 17.5 Å². The molecular weight excluding hydrogens is 1060 g/mol. The fourth-order valence-corrected chi connectivity index (χ4v) is 13.2. The summed E-state index contributed by atoms with van der Waals surface area (Å²) in [5.74, 6) is -0.221. The third-order valence-corrected chi connectivity index (χ3v) is 17.5. The summed E-state index contributed by atoms with van der Waals surface area (Å²) in [5, 5.41) is 40.6. The molecule has 9 rings (SSSR count). The number of aromatic carboxylic acids is 1. The maximum absolute atomic E-state index is 13.6. The summed E-state index contributed by atoms with van der Waals surface area (Å²) < 4.78 is 63.2. The molecule has 2 unspecified atom stereocenters. The van der Waals surface area contributed by atoms with Gasteiger partial charge in [0.1, 0.15) is 49.2 Å². The number of aliphatic hydroxyl groups excluding tert-OH is 2. The van der Waals surface area contributed by atoms with Crippen molar-refractivity contribution in [3.05, 3.63) is 92.7 Å². The van der Waals surface area contributed by atoms with E-state index in [-0.39, 0.29) is 34.1 Å². The molecule has 11 N–H and O–H groups in total. The van der Waals surface area contributed by atoms with E-state index >= 15 is 0 Å². The Morgan fingerprint density at radius 3 is 2.38 bits per heavy atom. The molecule has 1 amide bonds. The Morgan fingerprint density at radius 2 is 1.64 bits per heavy atom. The van der Waals surface area contributed by atoms with Gasteiger partial charge in [0.2, 0.25) is 11.3 Å². The van der Waals surface area contributed by atoms with E-state index in [4.69, 9.17) is 25.0 Å². The van der Waals surface area contributed by atoms with E-state index in [0.29, 0.717) is 55.8 Å². The number of nitrogen functional groups attached to an aromatic ring is 1. The Balaban J connectivity index is 0.839. The number of carbonyl (C=O) groups is 2. The van der Waals surface area contributed by atoms with E-state index in [0.717, 1.165) is 85.6 Å². The molecule has 6 atom stereocenters. The minimum absolute atomic E-state index is 0.00563. The van der Waals surface area contributed by atoms with Gasteiger partial charge in [-0.25, -0.2) is 38.0 Å². The molecule has 3 aromatic carbocycles. The Hall–Kier alpha value is -5.69. The van der Waals surface area contributed by atoms with Crippen LogP contribution in [0.25, 0.3) is 16.7 Å². The minimum Gasteiger partial charge on any atom is -0.478 e. The van der Waals surface area contributed by atoms with Gasteiger partial charge in [0.15, 0.2) is 23.2 Å². The number of hydrogen-bond acceptors (Lipinski definition) is 18. The minimum atomic E-state index is -5.82. The lowest BCUT2D eigenvalue weighted by Gasteiger charge is -2.32. The van der Waals surface area contributed by atoms with Gasteiger partial charge in [0.25, 0.3) is 5.91 Å². The van der Waals surface area contributed by atoms with Crippen molar-refractivity contribution in [3.8, 4) is 11.5 Å². The molecule has 0 spiro atoms. The first-order valence-corrected chi connectivity index (χ1v) is 29.2. The second-order valence-corrected chi connectivity index (χ2v) is 23.0. The van der Waals surface area contributed by atoms with Crippen LogP contribution >= 0.6 is 23.5 Å². The predicted octanol–water partition coefficient (Wildman–Crippen LogP) is 3.05. The molecule has 1 fully saturated rings. The number of imidazole rings is 1. The van der Waals surface area contributed by atoms with Crippen LogP contribution in [0.15, 0.2) is 48.8 Å². The molecule has 2 aromatic heterocycles. The number of anilines is 3. The van der Waals surface area contributed by atoms with Crippen LogP contribution in [0.5, 0.6) is 11.5 Å². The van der Waals surface area contributed by atoms with E-state index in [1.165, 1.54) is 21.8 Å². The Bertz CT molecular complexity index is 3370. The van der Waals surface area contributed by atoms with Crippen molar-refractivity contribution in [2.75, 3.05) is 61.8 Å².